The Morgan fingerprint density at radius 2 is 1.46 bits per heavy atom. The summed E-state index contributed by atoms with van der Waals surface area (Å²) in [4.78, 5) is 12.2. The summed E-state index contributed by atoms with van der Waals surface area (Å²) < 4.78 is 5.79. The van der Waals surface area contributed by atoms with Crippen LogP contribution in [0.5, 0.6) is 5.75 Å². The van der Waals surface area contributed by atoms with Crippen molar-refractivity contribution in [2.45, 2.75) is 64.7 Å². The number of amides is 1. The predicted molar refractivity (Wildman–Crippen MR) is 117 cm³/mol. The van der Waals surface area contributed by atoms with E-state index in [0.717, 1.165) is 25.2 Å². The second-order valence-corrected chi connectivity index (χ2v) is 7.34. The third kappa shape index (κ3) is 9.07. The molecule has 2 rings (SSSR count). The lowest BCUT2D eigenvalue weighted by Crippen LogP contribution is -2.25. The van der Waals surface area contributed by atoms with Gasteiger partial charge in [-0.05, 0) is 42.7 Å². The first-order valence-electron chi connectivity index (χ1n) is 10.8. The third-order valence-corrected chi connectivity index (χ3v) is 4.93. The van der Waals surface area contributed by atoms with E-state index in [1.807, 2.05) is 42.5 Å². The molecule has 0 aliphatic heterocycles. The Bertz CT molecular complexity index is 652. The second kappa shape index (κ2) is 13.8. The van der Waals surface area contributed by atoms with Crippen LogP contribution in [0.3, 0.4) is 0 Å². The summed E-state index contributed by atoms with van der Waals surface area (Å²) in [6, 6.07) is 17.6. The summed E-state index contributed by atoms with van der Waals surface area (Å²) in [6.07, 6.45) is 11.2. The number of hydrogen-bond donors (Lipinski definition) is 1. The summed E-state index contributed by atoms with van der Waals surface area (Å²) in [5.74, 6) is 0.800. The molecule has 0 spiro atoms. The summed E-state index contributed by atoms with van der Waals surface area (Å²) in [5, 5.41) is 2.97. The highest BCUT2D eigenvalue weighted by Gasteiger charge is 2.05. The van der Waals surface area contributed by atoms with Gasteiger partial charge in [-0.25, -0.2) is 0 Å². The molecule has 152 valence electrons. The van der Waals surface area contributed by atoms with Crippen molar-refractivity contribution in [1.29, 1.82) is 0 Å². The molecule has 0 radical (unpaired) electrons. The predicted octanol–water partition coefficient (Wildman–Crippen LogP) is 6.18. The molecule has 0 aliphatic rings. The van der Waals surface area contributed by atoms with Crippen molar-refractivity contribution in [3.63, 3.8) is 0 Å². The van der Waals surface area contributed by atoms with Crippen molar-refractivity contribution >= 4 is 5.91 Å². The van der Waals surface area contributed by atoms with E-state index in [0.29, 0.717) is 12.1 Å². The summed E-state index contributed by atoms with van der Waals surface area (Å²) in [5.41, 5.74) is 1.90. The van der Waals surface area contributed by atoms with Crippen LogP contribution in [-0.4, -0.2) is 19.1 Å². The maximum Gasteiger partial charge on any atom is 0.251 e. The van der Waals surface area contributed by atoms with E-state index in [9.17, 15) is 4.79 Å². The van der Waals surface area contributed by atoms with Crippen LogP contribution in [0, 0.1) is 0 Å². The van der Waals surface area contributed by atoms with Crippen LogP contribution in [0.25, 0.3) is 0 Å². The van der Waals surface area contributed by atoms with Gasteiger partial charge in [0.15, 0.2) is 0 Å². The third-order valence-electron chi connectivity index (χ3n) is 4.93. The molecule has 2 aromatic rings. The van der Waals surface area contributed by atoms with Gasteiger partial charge in [0, 0.05) is 12.1 Å². The molecule has 0 heterocycles. The quantitative estimate of drug-likeness (QED) is 0.397. The molecule has 0 saturated heterocycles. The zero-order chi connectivity index (χ0) is 19.9. The van der Waals surface area contributed by atoms with Gasteiger partial charge in [0.05, 0.1) is 6.61 Å². The molecule has 28 heavy (non-hydrogen) atoms. The van der Waals surface area contributed by atoms with Crippen LogP contribution >= 0.6 is 0 Å². The summed E-state index contributed by atoms with van der Waals surface area (Å²) in [7, 11) is 0. The zero-order valence-electron chi connectivity index (χ0n) is 17.3. The van der Waals surface area contributed by atoms with Gasteiger partial charge in [-0.3, -0.25) is 4.79 Å². The van der Waals surface area contributed by atoms with E-state index in [1.54, 1.807) is 0 Å². The average molecular weight is 382 g/mol. The largest absolute Gasteiger partial charge is 0.494 e. The smallest absolute Gasteiger partial charge is 0.251 e. The van der Waals surface area contributed by atoms with Gasteiger partial charge in [-0.1, -0.05) is 82.2 Å². The Labute approximate surface area is 170 Å². The second-order valence-electron chi connectivity index (χ2n) is 7.34. The highest BCUT2D eigenvalue weighted by Crippen LogP contribution is 2.14. The zero-order valence-corrected chi connectivity index (χ0v) is 17.3. The Morgan fingerprint density at radius 1 is 0.821 bits per heavy atom. The van der Waals surface area contributed by atoms with Crippen LogP contribution in [-0.2, 0) is 6.42 Å². The molecule has 1 N–H and O–H groups in total. The summed E-state index contributed by atoms with van der Waals surface area (Å²) in [6.45, 7) is 3.64. The van der Waals surface area contributed by atoms with E-state index in [4.69, 9.17) is 4.74 Å². The van der Waals surface area contributed by atoms with Crippen molar-refractivity contribution in [2.24, 2.45) is 0 Å². The van der Waals surface area contributed by atoms with Gasteiger partial charge in [0.1, 0.15) is 5.75 Å². The van der Waals surface area contributed by atoms with Gasteiger partial charge >= 0.3 is 0 Å². The van der Waals surface area contributed by atoms with E-state index < -0.39 is 0 Å². The molecule has 0 unspecified atom stereocenters. The number of unbranched alkanes of at least 4 members (excludes halogenated alkanes) is 7. The van der Waals surface area contributed by atoms with Crippen LogP contribution in [0.4, 0.5) is 0 Å². The van der Waals surface area contributed by atoms with Crippen molar-refractivity contribution < 1.29 is 9.53 Å². The highest BCUT2D eigenvalue weighted by molar-refractivity contribution is 5.94. The molecule has 3 heteroatoms. The molecule has 0 aromatic heterocycles. The Hall–Kier alpha value is -2.29. The number of ether oxygens (including phenoxy) is 1. The summed E-state index contributed by atoms with van der Waals surface area (Å²) >= 11 is 0. The maximum absolute atomic E-state index is 12.2. The molecular weight excluding hydrogens is 346 g/mol. The van der Waals surface area contributed by atoms with Crippen molar-refractivity contribution in [3.8, 4) is 5.75 Å². The van der Waals surface area contributed by atoms with Crippen LogP contribution in [0.1, 0.15) is 74.2 Å². The molecule has 0 fully saturated rings. The number of carbonyl (C=O) groups excluding carboxylic acids is 1. The SMILES string of the molecule is CCCCCCCCCCOc1ccc(C(=O)NCCc2ccccc2)cc1. The minimum atomic E-state index is -0.0365. The number of hydrogen-bond acceptors (Lipinski definition) is 2. The first-order chi connectivity index (χ1) is 13.8. The number of benzene rings is 2. The molecule has 1 amide bonds. The van der Waals surface area contributed by atoms with Gasteiger partial charge < -0.3 is 10.1 Å². The molecule has 0 aliphatic carbocycles. The molecular formula is C25H35NO2. The lowest BCUT2D eigenvalue weighted by atomic mass is 10.1. The van der Waals surface area contributed by atoms with E-state index >= 15 is 0 Å². The molecule has 3 nitrogen and oxygen atoms in total. The standard InChI is InChI=1S/C25H35NO2/c1-2-3-4-5-6-7-8-12-21-28-24-17-15-23(16-18-24)25(27)26-20-19-22-13-10-9-11-14-22/h9-11,13-18H,2-8,12,19-21H2,1H3,(H,26,27). The minimum Gasteiger partial charge on any atom is -0.494 e. The van der Waals surface area contributed by atoms with Gasteiger partial charge in [-0.2, -0.15) is 0 Å². The number of rotatable bonds is 14. The molecule has 0 atom stereocenters. The first-order valence-corrected chi connectivity index (χ1v) is 10.8. The van der Waals surface area contributed by atoms with Crippen LogP contribution < -0.4 is 10.1 Å². The van der Waals surface area contributed by atoms with Gasteiger partial charge in [0.2, 0.25) is 0 Å². The fourth-order valence-electron chi connectivity index (χ4n) is 3.20. The Balaban J connectivity index is 1.57. The topological polar surface area (TPSA) is 38.3 Å². The van der Waals surface area contributed by atoms with E-state index in [1.165, 1.54) is 50.5 Å². The Morgan fingerprint density at radius 3 is 2.14 bits per heavy atom. The number of carbonyl (C=O) groups is 1. The van der Waals surface area contributed by atoms with Gasteiger partial charge in [0.25, 0.3) is 5.91 Å². The molecule has 0 bridgehead atoms. The average Bonchev–Trinajstić information content (AvgIpc) is 2.74. The van der Waals surface area contributed by atoms with Crippen molar-refractivity contribution in [2.75, 3.05) is 13.2 Å². The Kier molecular flexibility index (Phi) is 10.9. The van der Waals surface area contributed by atoms with E-state index in [2.05, 4.69) is 24.4 Å². The fourth-order valence-corrected chi connectivity index (χ4v) is 3.20. The van der Waals surface area contributed by atoms with Gasteiger partial charge in [-0.15, -0.1) is 0 Å². The van der Waals surface area contributed by atoms with E-state index in [-0.39, 0.29) is 5.91 Å². The monoisotopic (exact) mass is 381 g/mol. The van der Waals surface area contributed by atoms with Crippen LogP contribution in [0.15, 0.2) is 54.6 Å². The molecule has 2 aromatic carbocycles. The minimum absolute atomic E-state index is 0.0365. The van der Waals surface area contributed by atoms with Crippen molar-refractivity contribution in [3.05, 3.63) is 65.7 Å². The fraction of sp³-hybridized carbons (Fsp3) is 0.480. The normalized spacial score (nSPS) is 10.6. The highest BCUT2D eigenvalue weighted by atomic mass is 16.5. The maximum atomic E-state index is 12.2. The lowest BCUT2D eigenvalue weighted by Gasteiger charge is -2.08. The van der Waals surface area contributed by atoms with Crippen molar-refractivity contribution in [1.82, 2.24) is 5.32 Å². The lowest BCUT2D eigenvalue weighted by molar-refractivity contribution is 0.0954. The first kappa shape index (κ1) is 22.0. The number of nitrogens with one attached hydrogen (secondary N) is 1. The van der Waals surface area contributed by atoms with Crippen LogP contribution in [0.2, 0.25) is 0 Å². The molecule has 0 saturated carbocycles.